The standard InChI is InChI=1S/C28H32N4O3/c1-34-23-8-10-24(11-9-23)35-27-19-29-18-26(30-27)21-12-16-32(17-13-21)28(33)25-7-3-2-6-22(25)20-31-14-4-5-15-31/h2-3,6-11,18-19,21H,4-5,12-17,20H2,1H3. The third-order valence-corrected chi connectivity index (χ3v) is 6.95. The van der Waals surface area contributed by atoms with Gasteiger partial charge in [0.2, 0.25) is 5.88 Å². The zero-order valence-electron chi connectivity index (χ0n) is 20.2. The number of carbonyl (C=O) groups excluding carboxylic acids is 1. The summed E-state index contributed by atoms with van der Waals surface area (Å²) in [6.45, 7) is 4.53. The van der Waals surface area contributed by atoms with Crippen molar-refractivity contribution in [2.45, 2.75) is 38.1 Å². The molecule has 0 spiro atoms. The molecule has 1 aromatic heterocycles. The normalized spacial score (nSPS) is 16.9. The molecule has 3 aromatic rings. The Bertz CT molecular complexity index is 1140. The number of rotatable bonds is 7. The van der Waals surface area contributed by atoms with Crippen LogP contribution in [0.2, 0.25) is 0 Å². The Balaban J connectivity index is 1.20. The van der Waals surface area contributed by atoms with Gasteiger partial charge in [0.05, 0.1) is 19.0 Å². The average molecular weight is 473 g/mol. The van der Waals surface area contributed by atoms with E-state index in [2.05, 4.69) is 16.0 Å². The second kappa shape index (κ2) is 10.9. The summed E-state index contributed by atoms with van der Waals surface area (Å²) >= 11 is 0. The van der Waals surface area contributed by atoms with Gasteiger partial charge in [0.25, 0.3) is 5.91 Å². The maximum absolute atomic E-state index is 13.4. The van der Waals surface area contributed by atoms with Crippen molar-refractivity contribution in [3.8, 4) is 17.4 Å². The van der Waals surface area contributed by atoms with Crippen LogP contribution in [0, 0.1) is 0 Å². The first-order chi connectivity index (χ1) is 17.2. The van der Waals surface area contributed by atoms with Gasteiger partial charge < -0.3 is 14.4 Å². The molecule has 3 heterocycles. The van der Waals surface area contributed by atoms with E-state index >= 15 is 0 Å². The van der Waals surface area contributed by atoms with Crippen LogP contribution in [0.4, 0.5) is 0 Å². The predicted molar refractivity (Wildman–Crippen MR) is 134 cm³/mol. The largest absolute Gasteiger partial charge is 0.497 e. The summed E-state index contributed by atoms with van der Waals surface area (Å²) < 4.78 is 11.1. The minimum atomic E-state index is 0.140. The average Bonchev–Trinajstić information content (AvgIpc) is 3.42. The van der Waals surface area contributed by atoms with Gasteiger partial charge in [-0.3, -0.25) is 14.7 Å². The lowest BCUT2D eigenvalue weighted by atomic mass is 9.93. The number of benzene rings is 2. The molecule has 0 bridgehead atoms. The minimum absolute atomic E-state index is 0.140. The van der Waals surface area contributed by atoms with E-state index in [1.54, 1.807) is 13.3 Å². The van der Waals surface area contributed by atoms with Crippen LogP contribution in [0.3, 0.4) is 0 Å². The van der Waals surface area contributed by atoms with Crippen molar-refractivity contribution in [1.29, 1.82) is 0 Å². The highest BCUT2D eigenvalue weighted by atomic mass is 16.5. The Morgan fingerprint density at radius 2 is 1.66 bits per heavy atom. The van der Waals surface area contributed by atoms with Crippen molar-refractivity contribution in [3.63, 3.8) is 0 Å². The number of ether oxygens (including phenoxy) is 2. The molecule has 0 saturated carbocycles. The molecule has 0 aliphatic carbocycles. The Morgan fingerprint density at radius 3 is 2.40 bits per heavy atom. The molecular weight excluding hydrogens is 440 g/mol. The van der Waals surface area contributed by atoms with Crippen LogP contribution in [-0.2, 0) is 6.54 Å². The number of carbonyl (C=O) groups is 1. The van der Waals surface area contributed by atoms with E-state index < -0.39 is 0 Å². The molecule has 7 heteroatoms. The lowest BCUT2D eigenvalue weighted by Crippen LogP contribution is -2.38. The highest BCUT2D eigenvalue weighted by Crippen LogP contribution is 2.30. The van der Waals surface area contributed by atoms with E-state index in [9.17, 15) is 4.79 Å². The van der Waals surface area contributed by atoms with Crippen LogP contribution < -0.4 is 9.47 Å². The number of hydrogen-bond donors (Lipinski definition) is 0. The second-order valence-corrected chi connectivity index (χ2v) is 9.27. The molecule has 0 N–H and O–H groups in total. The number of methoxy groups -OCH3 is 1. The van der Waals surface area contributed by atoms with Crippen molar-refractivity contribution in [1.82, 2.24) is 19.8 Å². The number of piperidine rings is 1. The first-order valence-corrected chi connectivity index (χ1v) is 12.4. The molecule has 182 valence electrons. The molecule has 5 rings (SSSR count). The first-order valence-electron chi connectivity index (χ1n) is 12.4. The smallest absolute Gasteiger partial charge is 0.254 e. The van der Waals surface area contributed by atoms with Crippen molar-refractivity contribution in [2.75, 3.05) is 33.3 Å². The molecular formula is C28H32N4O3. The maximum atomic E-state index is 13.4. The molecule has 0 radical (unpaired) electrons. The number of amides is 1. The van der Waals surface area contributed by atoms with Gasteiger partial charge >= 0.3 is 0 Å². The molecule has 2 aromatic carbocycles. The topological polar surface area (TPSA) is 67.8 Å². The zero-order valence-corrected chi connectivity index (χ0v) is 20.2. The quantitative estimate of drug-likeness (QED) is 0.488. The zero-order chi connectivity index (χ0) is 24.0. The van der Waals surface area contributed by atoms with Gasteiger partial charge in [0, 0.05) is 37.3 Å². The Kier molecular flexibility index (Phi) is 7.23. The molecule has 2 aliphatic rings. The highest BCUT2D eigenvalue weighted by Gasteiger charge is 2.27. The fourth-order valence-corrected chi connectivity index (χ4v) is 4.97. The van der Waals surface area contributed by atoms with Crippen LogP contribution in [0.25, 0.3) is 0 Å². The van der Waals surface area contributed by atoms with Gasteiger partial charge in [-0.15, -0.1) is 0 Å². The number of likely N-dealkylation sites (tertiary alicyclic amines) is 2. The van der Waals surface area contributed by atoms with Crippen molar-refractivity contribution in [3.05, 3.63) is 77.7 Å². The molecule has 35 heavy (non-hydrogen) atoms. The number of hydrogen-bond acceptors (Lipinski definition) is 6. The molecule has 2 saturated heterocycles. The van der Waals surface area contributed by atoms with Crippen molar-refractivity contribution in [2.24, 2.45) is 0 Å². The first kappa shape index (κ1) is 23.3. The van der Waals surface area contributed by atoms with E-state index in [1.165, 1.54) is 12.8 Å². The van der Waals surface area contributed by atoms with Gasteiger partial charge in [-0.1, -0.05) is 18.2 Å². The van der Waals surface area contributed by atoms with Gasteiger partial charge in [-0.05, 0) is 74.7 Å². The fourth-order valence-electron chi connectivity index (χ4n) is 4.97. The summed E-state index contributed by atoms with van der Waals surface area (Å²) in [5.74, 6) is 2.33. The van der Waals surface area contributed by atoms with Crippen LogP contribution in [-0.4, -0.2) is 59.0 Å². The Morgan fingerprint density at radius 1 is 0.943 bits per heavy atom. The fraction of sp³-hybridized carbons (Fsp3) is 0.393. The Hall–Kier alpha value is -3.45. The Labute approximate surface area is 206 Å². The SMILES string of the molecule is COc1ccc(Oc2cncc(C3CCN(C(=O)c4ccccc4CN4CCCC4)CC3)n2)cc1. The summed E-state index contributed by atoms with van der Waals surface area (Å²) in [6, 6.07) is 15.5. The lowest BCUT2D eigenvalue weighted by molar-refractivity contribution is 0.0709. The summed E-state index contributed by atoms with van der Waals surface area (Å²) in [5, 5.41) is 0. The summed E-state index contributed by atoms with van der Waals surface area (Å²) in [5.41, 5.74) is 2.89. The summed E-state index contributed by atoms with van der Waals surface area (Å²) in [4.78, 5) is 26.9. The highest BCUT2D eigenvalue weighted by molar-refractivity contribution is 5.95. The summed E-state index contributed by atoms with van der Waals surface area (Å²) in [6.07, 6.45) is 7.66. The number of nitrogens with zero attached hydrogens (tertiary/aromatic N) is 4. The molecule has 0 unspecified atom stereocenters. The van der Waals surface area contributed by atoms with Crippen LogP contribution in [0.5, 0.6) is 17.4 Å². The van der Waals surface area contributed by atoms with Crippen LogP contribution in [0.1, 0.15) is 53.2 Å². The monoisotopic (exact) mass is 472 g/mol. The van der Waals surface area contributed by atoms with Crippen LogP contribution >= 0.6 is 0 Å². The second-order valence-electron chi connectivity index (χ2n) is 9.27. The van der Waals surface area contributed by atoms with Crippen molar-refractivity contribution >= 4 is 5.91 Å². The molecule has 2 fully saturated rings. The molecule has 7 nitrogen and oxygen atoms in total. The lowest BCUT2D eigenvalue weighted by Gasteiger charge is -2.32. The third kappa shape index (κ3) is 5.62. The van der Waals surface area contributed by atoms with Crippen LogP contribution in [0.15, 0.2) is 60.9 Å². The van der Waals surface area contributed by atoms with Gasteiger partial charge in [-0.2, -0.15) is 0 Å². The minimum Gasteiger partial charge on any atom is -0.497 e. The van der Waals surface area contributed by atoms with E-state index in [4.69, 9.17) is 14.5 Å². The third-order valence-electron chi connectivity index (χ3n) is 6.95. The molecule has 1 amide bonds. The maximum Gasteiger partial charge on any atom is 0.254 e. The summed E-state index contributed by atoms with van der Waals surface area (Å²) in [7, 11) is 1.64. The van der Waals surface area contributed by atoms with E-state index in [0.29, 0.717) is 24.7 Å². The number of aromatic nitrogens is 2. The van der Waals surface area contributed by atoms with Crippen molar-refractivity contribution < 1.29 is 14.3 Å². The molecule has 0 atom stereocenters. The van der Waals surface area contributed by atoms with E-state index in [1.807, 2.05) is 53.6 Å². The van der Waals surface area contributed by atoms with E-state index in [-0.39, 0.29) is 11.8 Å². The van der Waals surface area contributed by atoms with Gasteiger partial charge in [-0.25, -0.2) is 4.98 Å². The molecule has 2 aliphatic heterocycles. The predicted octanol–water partition coefficient (Wildman–Crippen LogP) is 4.89. The van der Waals surface area contributed by atoms with E-state index in [0.717, 1.165) is 55.0 Å². The van der Waals surface area contributed by atoms with Gasteiger partial charge in [0.1, 0.15) is 11.5 Å². The van der Waals surface area contributed by atoms with Gasteiger partial charge in [0.15, 0.2) is 0 Å².